The van der Waals surface area contributed by atoms with Crippen molar-refractivity contribution < 1.29 is 52.8 Å². The van der Waals surface area contributed by atoms with Crippen molar-refractivity contribution in [2.75, 3.05) is 13.2 Å². The van der Waals surface area contributed by atoms with Crippen LogP contribution in [-0.2, 0) is 82.3 Å². The second kappa shape index (κ2) is 24.4. The largest absolute Gasteiger partial charge is 0.394 e. The van der Waals surface area contributed by atoms with Crippen LogP contribution in [0.5, 0.6) is 0 Å². The summed E-state index contributed by atoms with van der Waals surface area (Å²) in [6, 6.07) is 58.8. The van der Waals surface area contributed by atoms with Crippen LogP contribution in [0, 0.1) is 0 Å². The van der Waals surface area contributed by atoms with Gasteiger partial charge in [0.25, 0.3) is 0 Å². The molecule has 65 heavy (non-hydrogen) atoms. The Morgan fingerprint density at radius 3 is 1.09 bits per heavy atom. The molecule has 0 spiro atoms. The summed E-state index contributed by atoms with van der Waals surface area (Å²) in [5.74, 6) is 0. The van der Waals surface area contributed by atoms with Gasteiger partial charge in [0.1, 0.15) is 48.8 Å². The zero-order valence-corrected chi connectivity index (χ0v) is 36.3. The second-order valence-electron chi connectivity index (χ2n) is 16.2. The van der Waals surface area contributed by atoms with E-state index >= 15 is 0 Å². The van der Waals surface area contributed by atoms with Gasteiger partial charge in [-0.05, 0) is 33.4 Å². The molecular formula is C54H58O11. The summed E-state index contributed by atoms with van der Waals surface area (Å²) < 4.78 is 60.4. The minimum absolute atomic E-state index is 0.0235. The van der Waals surface area contributed by atoms with Crippen molar-refractivity contribution in [3.63, 3.8) is 0 Å². The van der Waals surface area contributed by atoms with Crippen LogP contribution in [0.15, 0.2) is 182 Å². The van der Waals surface area contributed by atoms with Gasteiger partial charge in [-0.15, -0.1) is 0 Å². The van der Waals surface area contributed by atoms with E-state index in [-0.39, 0.29) is 46.2 Å². The highest BCUT2D eigenvalue weighted by Crippen LogP contribution is 2.36. The molecule has 2 N–H and O–H groups in total. The Morgan fingerprint density at radius 1 is 0.354 bits per heavy atom. The predicted molar refractivity (Wildman–Crippen MR) is 243 cm³/mol. The third kappa shape index (κ3) is 13.3. The maximum Gasteiger partial charge on any atom is 0.187 e. The number of rotatable bonds is 22. The van der Waals surface area contributed by atoms with Gasteiger partial charge in [-0.25, -0.2) is 0 Å². The van der Waals surface area contributed by atoms with Gasteiger partial charge in [0.15, 0.2) is 12.6 Å². The molecule has 2 aliphatic rings. The van der Waals surface area contributed by atoms with E-state index in [1.165, 1.54) is 0 Å². The maximum absolute atomic E-state index is 11.8. The number of aliphatic hydroxyl groups excluding tert-OH is 2. The Bertz CT molecular complexity index is 2210. The van der Waals surface area contributed by atoms with E-state index < -0.39 is 68.0 Å². The minimum Gasteiger partial charge on any atom is -0.394 e. The molecule has 0 aliphatic carbocycles. The van der Waals surface area contributed by atoms with Crippen LogP contribution in [0.3, 0.4) is 0 Å². The van der Waals surface area contributed by atoms with Crippen molar-refractivity contribution in [1.82, 2.24) is 0 Å². The normalized spacial score (nSPS) is 25.6. The molecule has 6 aromatic carbocycles. The van der Waals surface area contributed by atoms with Gasteiger partial charge in [0.05, 0.1) is 52.9 Å². The van der Waals surface area contributed by atoms with Gasteiger partial charge in [-0.3, -0.25) is 0 Å². The average Bonchev–Trinajstić information content (AvgIpc) is 3.36. The molecule has 2 saturated heterocycles. The lowest BCUT2D eigenvalue weighted by Crippen LogP contribution is -2.66. The van der Waals surface area contributed by atoms with E-state index in [0.717, 1.165) is 33.4 Å². The molecule has 11 heteroatoms. The standard InChI is InChI=1S/C54H58O11/c55-31-45-47(58-33-40-21-9-2-10-22-40)49(59-34-41-23-11-3-12-24-41)52(62-37-44-29-17-6-18-30-44)54(64-45)65-48-46(38-57-32-39-19-7-1-8-20-39)63-53(56)51(61-36-43-27-15-5-16-28-43)50(48)60-35-42-25-13-4-14-26-42/h1-30,45-56H,31-38H2/t45-,46-,47-,48-,49+,50+,51-,52-,53?,54+/m1/s1. The van der Waals surface area contributed by atoms with Crippen molar-refractivity contribution in [1.29, 1.82) is 0 Å². The number of hydrogen-bond donors (Lipinski definition) is 2. The highest BCUT2D eigenvalue weighted by Gasteiger charge is 2.54. The quantitative estimate of drug-likeness (QED) is 0.0691. The van der Waals surface area contributed by atoms with E-state index in [4.69, 9.17) is 42.6 Å². The third-order valence-electron chi connectivity index (χ3n) is 11.5. The molecule has 10 atom stereocenters. The first-order valence-corrected chi connectivity index (χ1v) is 22.3. The predicted octanol–water partition coefficient (Wildman–Crippen LogP) is 7.95. The SMILES string of the molecule is OC[C@H]1O[C@@H](O[C@H]2[C@H](OCc3ccccc3)[C@@H](OCc3ccccc3)C(O)O[C@@H]2COCc2ccccc2)[C@H](OCc2ccccc2)[C@@H](OCc2ccccc2)[C@@H]1OCc1ccccc1. The van der Waals surface area contributed by atoms with E-state index in [2.05, 4.69) is 0 Å². The van der Waals surface area contributed by atoms with E-state index in [9.17, 15) is 10.2 Å². The molecule has 0 saturated carbocycles. The summed E-state index contributed by atoms with van der Waals surface area (Å²) in [4.78, 5) is 0. The molecule has 0 aromatic heterocycles. The fraction of sp³-hybridized carbons (Fsp3) is 0.333. The zero-order valence-electron chi connectivity index (χ0n) is 36.3. The Balaban J connectivity index is 1.15. The first kappa shape index (κ1) is 46.4. The molecule has 2 fully saturated rings. The number of hydrogen-bond acceptors (Lipinski definition) is 11. The van der Waals surface area contributed by atoms with Crippen LogP contribution in [-0.4, -0.2) is 84.8 Å². The molecule has 0 bridgehead atoms. The van der Waals surface area contributed by atoms with Crippen molar-refractivity contribution in [3.8, 4) is 0 Å². The highest BCUT2D eigenvalue weighted by molar-refractivity contribution is 5.18. The molecule has 340 valence electrons. The van der Waals surface area contributed by atoms with Gasteiger partial charge in [-0.1, -0.05) is 182 Å². The van der Waals surface area contributed by atoms with Crippen LogP contribution >= 0.6 is 0 Å². The minimum atomic E-state index is -1.41. The Labute approximate surface area is 381 Å². The smallest absolute Gasteiger partial charge is 0.187 e. The van der Waals surface area contributed by atoms with Crippen molar-refractivity contribution >= 4 is 0 Å². The Kier molecular flexibility index (Phi) is 17.4. The third-order valence-corrected chi connectivity index (χ3v) is 11.5. The summed E-state index contributed by atoms with van der Waals surface area (Å²) in [6.45, 7) is 0.902. The van der Waals surface area contributed by atoms with Gasteiger partial charge in [-0.2, -0.15) is 0 Å². The highest BCUT2D eigenvalue weighted by atomic mass is 16.7. The first-order chi connectivity index (χ1) is 32.1. The summed E-state index contributed by atoms with van der Waals surface area (Å²) >= 11 is 0. The second-order valence-corrected chi connectivity index (χ2v) is 16.2. The lowest BCUT2D eigenvalue weighted by molar-refractivity contribution is -0.373. The van der Waals surface area contributed by atoms with Crippen LogP contribution < -0.4 is 0 Å². The summed E-state index contributed by atoms with van der Waals surface area (Å²) in [5.41, 5.74) is 5.60. The average molecular weight is 883 g/mol. The van der Waals surface area contributed by atoms with Crippen LogP contribution in [0.1, 0.15) is 33.4 Å². The maximum atomic E-state index is 11.8. The fourth-order valence-corrected chi connectivity index (χ4v) is 8.12. The molecule has 11 nitrogen and oxygen atoms in total. The van der Waals surface area contributed by atoms with Crippen molar-refractivity contribution in [2.24, 2.45) is 0 Å². The van der Waals surface area contributed by atoms with Gasteiger partial charge in [0, 0.05) is 0 Å². The molecule has 8 rings (SSSR count). The van der Waals surface area contributed by atoms with Gasteiger partial charge >= 0.3 is 0 Å². The van der Waals surface area contributed by atoms with Crippen molar-refractivity contribution in [3.05, 3.63) is 215 Å². The van der Waals surface area contributed by atoms with E-state index in [1.807, 2.05) is 182 Å². The van der Waals surface area contributed by atoms with Crippen LogP contribution in [0.4, 0.5) is 0 Å². The number of ether oxygens (including phenoxy) is 9. The summed E-state index contributed by atoms with van der Waals surface area (Å²) in [6.07, 6.45) is -9.79. The summed E-state index contributed by atoms with van der Waals surface area (Å²) in [7, 11) is 0. The van der Waals surface area contributed by atoms with Crippen LogP contribution in [0.2, 0.25) is 0 Å². The number of benzene rings is 6. The molecule has 0 amide bonds. The van der Waals surface area contributed by atoms with E-state index in [0.29, 0.717) is 0 Å². The summed E-state index contributed by atoms with van der Waals surface area (Å²) in [5, 5.41) is 22.9. The molecule has 2 aliphatic heterocycles. The molecule has 0 radical (unpaired) electrons. The zero-order chi connectivity index (χ0) is 44.5. The van der Waals surface area contributed by atoms with Gasteiger partial charge < -0.3 is 52.8 Å². The molecule has 1 unspecified atom stereocenters. The molecular weight excluding hydrogens is 825 g/mol. The lowest BCUT2D eigenvalue weighted by Gasteiger charge is -2.49. The Hall–Kier alpha value is -5.12. The number of aliphatic hydroxyl groups is 2. The Morgan fingerprint density at radius 2 is 0.692 bits per heavy atom. The van der Waals surface area contributed by atoms with Crippen molar-refractivity contribution in [2.45, 2.75) is 101 Å². The fourth-order valence-electron chi connectivity index (χ4n) is 8.12. The molecule has 6 aromatic rings. The molecule has 2 heterocycles. The monoisotopic (exact) mass is 882 g/mol. The van der Waals surface area contributed by atoms with E-state index in [1.54, 1.807) is 0 Å². The van der Waals surface area contributed by atoms with Gasteiger partial charge in [0.2, 0.25) is 0 Å². The topological polar surface area (TPSA) is 124 Å². The lowest BCUT2D eigenvalue weighted by atomic mass is 9.95. The van der Waals surface area contributed by atoms with Crippen LogP contribution in [0.25, 0.3) is 0 Å². The first-order valence-electron chi connectivity index (χ1n) is 22.3.